The fraction of sp³-hybridized carbons (Fsp3) is 0.333. The highest BCUT2D eigenvalue weighted by Crippen LogP contribution is 2.27. The van der Waals surface area contributed by atoms with Crippen LogP contribution in [0.25, 0.3) is 4.96 Å². The molecular weight excluding hydrogens is 332 g/mol. The third-order valence-electron chi connectivity index (χ3n) is 3.48. The molecule has 1 aromatic carbocycles. The monoisotopic (exact) mass is 350 g/mol. The van der Waals surface area contributed by atoms with Crippen LogP contribution in [0, 0.1) is 13.8 Å². The standard InChI is InChI=1S/C15H18N4O2S2/c1-9(2)13-17-19-14(11(4)16-15(19)22-13)23(20,21)18-12-8-6-5-7-10(12)3/h5-9,18H,1-4H3. The van der Waals surface area contributed by atoms with Crippen molar-refractivity contribution in [3.8, 4) is 0 Å². The van der Waals surface area contributed by atoms with Gasteiger partial charge in [0.1, 0.15) is 5.01 Å². The number of benzene rings is 1. The van der Waals surface area contributed by atoms with Crippen LogP contribution < -0.4 is 4.72 Å². The van der Waals surface area contributed by atoms with Crippen molar-refractivity contribution in [2.24, 2.45) is 0 Å². The van der Waals surface area contributed by atoms with Crippen LogP contribution in [0.5, 0.6) is 0 Å². The molecule has 6 nitrogen and oxygen atoms in total. The summed E-state index contributed by atoms with van der Waals surface area (Å²) < 4.78 is 29.7. The van der Waals surface area contributed by atoms with Crippen molar-refractivity contribution < 1.29 is 8.42 Å². The summed E-state index contributed by atoms with van der Waals surface area (Å²) in [7, 11) is -3.77. The second-order valence-electron chi connectivity index (χ2n) is 5.71. The van der Waals surface area contributed by atoms with Crippen LogP contribution in [0.4, 0.5) is 5.69 Å². The van der Waals surface area contributed by atoms with Crippen LogP contribution in [0.1, 0.15) is 36.0 Å². The third-order valence-corrected chi connectivity index (χ3v) is 6.15. The number of imidazole rings is 1. The van der Waals surface area contributed by atoms with Crippen LogP contribution in [0.2, 0.25) is 0 Å². The van der Waals surface area contributed by atoms with Crippen LogP contribution in [0.3, 0.4) is 0 Å². The molecule has 0 aliphatic rings. The molecule has 0 unspecified atom stereocenters. The van der Waals surface area contributed by atoms with Gasteiger partial charge in [0, 0.05) is 5.92 Å². The van der Waals surface area contributed by atoms with Crippen molar-refractivity contribution in [3.05, 3.63) is 40.5 Å². The summed E-state index contributed by atoms with van der Waals surface area (Å²) >= 11 is 1.41. The molecule has 8 heteroatoms. The molecule has 0 amide bonds. The number of sulfonamides is 1. The summed E-state index contributed by atoms with van der Waals surface area (Å²) in [5.41, 5.74) is 1.86. The van der Waals surface area contributed by atoms with Crippen molar-refractivity contribution in [2.45, 2.75) is 38.6 Å². The van der Waals surface area contributed by atoms with Gasteiger partial charge in [-0.05, 0) is 25.5 Å². The Hall–Kier alpha value is -1.93. The van der Waals surface area contributed by atoms with E-state index < -0.39 is 10.0 Å². The predicted molar refractivity (Wildman–Crippen MR) is 91.7 cm³/mol. The molecule has 122 valence electrons. The van der Waals surface area contributed by atoms with E-state index in [-0.39, 0.29) is 10.9 Å². The second kappa shape index (κ2) is 5.61. The number of nitrogens with one attached hydrogen (secondary N) is 1. The highest BCUT2D eigenvalue weighted by molar-refractivity contribution is 7.92. The van der Waals surface area contributed by atoms with Crippen molar-refractivity contribution in [1.82, 2.24) is 14.6 Å². The zero-order chi connectivity index (χ0) is 16.8. The first-order valence-electron chi connectivity index (χ1n) is 7.24. The highest BCUT2D eigenvalue weighted by Gasteiger charge is 2.26. The number of hydrogen-bond donors (Lipinski definition) is 1. The minimum absolute atomic E-state index is 0.0962. The van der Waals surface area contributed by atoms with Gasteiger partial charge >= 0.3 is 0 Å². The molecule has 0 bridgehead atoms. The quantitative estimate of drug-likeness (QED) is 0.783. The summed E-state index contributed by atoms with van der Waals surface area (Å²) in [6.07, 6.45) is 0. The van der Waals surface area contributed by atoms with E-state index in [1.807, 2.05) is 32.9 Å². The Morgan fingerprint density at radius 2 is 1.91 bits per heavy atom. The Kier molecular flexibility index (Phi) is 3.89. The zero-order valence-corrected chi connectivity index (χ0v) is 15.0. The minimum Gasteiger partial charge on any atom is -0.278 e. The fourth-order valence-electron chi connectivity index (χ4n) is 2.27. The number of para-hydroxylation sites is 1. The lowest BCUT2D eigenvalue weighted by Gasteiger charge is -2.10. The van der Waals surface area contributed by atoms with Crippen LogP contribution in [0.15, 0.2) is 29.3 Å². The molecule has 2 aromatic heterocycles. The van der Waals surface area contributed by atoms with Gasteiger partial charge in [-0.25, -0.2) is 4.98 Å². The Morgan fingerprint density at radius 1 is 1.22 bits per heavy atom. The lowest BCUT2D eigenvalue weighted by atomic mass is 10.2. The average Bonchev–Trinajstić information content (AvgIpc) is 2.97. The molecule has 2 heterocycles. The van der Waals surface area contributed by atoms with Gasteiger partial charge in [-0.1, -0.05) is 43.4 Å². The number of aryl methyl sites for hydroxylation is 2. The summed E-state index contributed by atoms with van der Waals surface area (Å²) in [4.78, 5) is 4.94. The number of anilines is 1. The molecule has 3 aromatic rings. The first kappa shape index (κ1) is 15.9. The van der Waals surface area contributed by atoms with E-state index in [9.17, 15) is 8.42 Å². The van der Waals surface area contributed by atoms with E-state index in [4.69, 9.17) is 0 Å². The van der Waals surface area contributed by atoms with Gasteiger partial charge in [0.15, 0.2) is 0 Å². The average molecular weight is 350 g/mol. The molecule has 0 aliphatic heterocycles. The van der Waals surface area contributed by atoms with Gasteiger partial charge in [-0.2, -0.15) is 18.0 Å². The number of rotatable bonds is 4. The molecule has 23 heavy (non-hydrogen) atoms. The molecule has 0 aliphatic carbocycles. The Morgan fingerprint density at radius 3 is 2.57 bits per heavy atom. The maximum absolute atomic E-state index is 12.8. The number of hydrogen-bond acceptors (Lipinski definition) is 5. The lowest BCUT2D eigenvalue weighted by molar-refractivity contribution is 0.592. The Balaban J connectivity index is 2.11. The van der Waals surface area contributed by atoms with E-state index in [2.05, 4.69) is 14.8 Å². The maximum atomic E-state index is 12.8. The summed E-state index contributed by atoms with van der Waals surface area (Å²) in [5.74, 6) is 0.224. The molecule has 0 fully saturated rings. The van der Waals surface area contributed by atoms with Gasteiger partial charge in [0.25, 0.3) is 10.0 Å². The maximum Gasteiger partial charge on any atom is 0.281 e. The predicted octanol–water partition coefficient (Wildman–Crippen LogP) is 3.33. The third kappa shape index (κ3) is 2.84. The summed E-state index contributed by atoms with van der Waals surface area (Å²) in [6.45, 7) is 7.58. The van der Waals surface area contributed by atoms with Crippen molar-refractivity contribution in [3.63, 3.8) is 0 Å². The normalized spacial score (nSPS) is 12.2. The van der Waals surface area contributed by atoms with Crippen LogP contribution in [-0.2, 0) is 10.0 Å². The molecule has 0 saturated heterocycles. The molecular formula is C15H18N4O2S2. The Labute approximate surface area is 139 Å². The van der Waals surface area contributed by atoms with E-state index in [0.29, 0.717) is 16.3 Å². The molecule has 1 N–H and O–H groups in total. The highest BCUT2D eigenvalue weighted by atomic mass is 32.2. The first-order chi connectivity index (χ1) is 10.8. The number of nitrogens with zero attached hydrogens (tertiary/aromatic N) is 3. The van der Waals surface area contributed by atoms with Gasteiger partial charge in [0.05, 0.1) is 11.4 Å². The smallest absolute Gasteiger partial charge is 0.278 e. The second-order valence-corrected chi connectivity index (χ2v) is 8.30. The SMILES string of the molecule is Cc1ccccc1NS(=O)(=O)c1c(C)nc2sc(C(C)C)nn12. The van der Waals surface area contributed by atoms with E-state index in [1.165, 1.54) is 15.9 Å². The molecule has 0 radical (unpaired) electrons. The first-order valence-corrected chi connectivity index (χ1v) is 9.54. The van der Waals surface area contributed by atoms with Crippen molar-refractivity contribution in [1.29, 1.82) is 0 Å². The van der Waals surface area contributed by atoms with E-state index in [1.54, 1.807) is 19.1 Å². The van der Waals surface area contributed by atoms with Gasteiger partial charge in [-0.15, -0.1) is 0 Å². The number of aromatic nitrogens is 3. The van der Waals surface area contributed by atoms with Gasteiger partial charge in [0.2, 0.25) is 9.99 Å². The van der Waals surface area contributed by atoms with E-state index in [0.717, 1.165) is 10.6 Å². The number of fused-ring (bicyclic) bond motifs is 1. The summed E-state index contributed by atoms with van der Waals surface area (Å²) in [6, 6.07) is 7.26. The van der Waals surface area contributed by atoms with Crippen LogP contribution >= 0.6 is 11.3 Å². The fourth-order valence-corrected chi connectivity index (χ4v) is 4.68. The zero-order valence-electron chi connectivity index (χ0n) is 13.4. The topological polar surface area (TPSA) is 76.4 Å². The van der Waals surface area contributed by atoms with Gasteiger partial charge in [-0.3, -0.25) is 4.72 Å². The molecule has 0 atom stereocenters. The largest absolute Gasteiger partial charge is 0.281 e. The van der Waals surface area contributed by atoms with Crippen molar-refractivity contribution >= 4 is 32.0 Å². The molecule has 0 saturated carbocycles. The molecule has 0 spiro atoms. The van der Waals surface area contributed by atoms with E-state index >= 15 is 0 Å². The minimum atomic E-state index is -3.77. The lowest BCUT2D eigenvalue weighted by Crippen LogP contribution is -2.17. The molecule has 3 rings (SSSR count). The van der Waals surface area contributed by atoms with Crippen LogP contribution in [-0.4, -0.2) is 23.0 Å². The Bertz CT molecular complexity index is 971. The van der Waals surface area contributed by atoms with Crippen molar-refractivity contribution in [2.75, 3.05) is 4.72 Å². The summed E-state index contributed by atoms with van der Waals surface area (Å²) in [5, 5.41) is 5.37. The van der Waals surface area contributed by atoms with Gasteiger partial charge < -0.3 is 0 Å².